The van der Waals surface area contributed by atoms with Gasteiger partial charge < -0.3 is 4.90 Å². The minimum absolute atomic E-state index is 0.111. The number of anilines is 2. The predicted molar refractivity (Wildman–Crippen MR) is 153 cm³/mol. The van der Waals surface area contributed by atoms with Gasteiger partial charge in [-0.15, -0.1) is 0 Å². The van der Waals surface area contributed by atoms with E-state index in [-0.39, 0.29) is 10.8 Å². The first-order chi connectivity index (χ1) is 17.6. The Morgan fingerprint density at radius 1 is 0.973 bits per heavy atom. The van der Waals surface area contributed by atoms with Crippen LogP contribution in [-0.4, -0.2) is 58.4 Å². The van der Waals surface area contributed by atoms with E-state index in [1.807, 2.05) is 39.2 Å². The van der Waals surface area contributed by atoms with Crippen LogP contribution in [0.3, 0.4) is 0 Å². The van der Waals surface area contributed by atoms with Crippen LogP contribution >= 0.6 is 22.9 Å². The molecule has 1 heterocycles. The largest absolute Gasteiger partial charge is 0.309 e. The molecule has 0 N–H and O–H groups in total. The summed E-state index contributed by atoms with van der Waals surface area (Å²) in [4.78, 5) is 22.3. The first-order valence-corrected chi connectivity index (χ1v) is 14.4. The van der Waals surface area contributed by atoms with Crippen LogP contribution in [-0.2, 0) is 10.0 Å². The van der Waals surface area contributed by atoms with Crippen molar-refractivity contribution in [3.05, 3.63) is 82.9 Å². The standard InChI is InChI=1S/C27H29ClN4O3S2/c1-19-17-21(28)18-24-25(19)29-27(36-24)32(16-8-15-30(2)3)26(33)20-11-13-23(14-12-20)37(34,35)31(4)22-9-6-5-7-10-22/h5-7,9-14,17-18H,8,15-16H2,1-4H3. The van der Waals surface area contributed by atoms with Crippen LogP contribution in [0.5, 0.6) is 0 Å². The fraction of sp³-hybridized carbons (Fsp3) is 0.259. The summed E-state index contributed by atoms with van der Waals surface area (Å²) in [5, 5.41) is 1.22. The number of aromatic nitrogens is 1. The lowest BCUT2D eigenvalue weighted by Gasteiger charge is -2.22. The number of carbonyl (C=O) groups excluding carboxylic acids is 1. The fourth-order valence-electron chi connectivity index (χ4n) is 3.95. The Kier molecular flexibility index (Phi) is 8.18. The van der Waals surface area contributed by atoms with Crippen molar-refractivity contribution in [2.24, 2.45) is 0 Å². The first-order valence-electron chi connectivity index (χ1n) is 11.8. The van der Waals surface area contributed by atoms with Gasteiger partial charge in [0.2, 0.25) is 0 Å². The maximum Gasteiger partial charge on any atom is 0.264 e. The van der Waals surface area contributed by atoms with Crippen molar-refractivity contribution in [1.82, 2.24) is 9.88 Å². The number of fused-ring (bicyclic) bond motifs is 1. The van der Waals surface area contributed by atoms with E-state index >= 15 is 0 Å². The first kappa shape index (κ1) is 27.1. The van der Waals surface area contributed by atoms with Crippen molar-refractivity contribution in [3.8, 4) is 0 Å². The lowest BCUT2D eigenvalue weighted by atomic mass is 10.2. The van der Waals surface area contributed by atoms with E-state index in [0.717, 1.165) is 28.7 Å². The highest BCUT2D eigenvalue weighted by atomic mass is 35.5. The third kappa shape index (κ3) is 5.96. The highest BCUT2D eigenvalue weighted by molar-refractivity contribution is 7.92. The number of amides is 1. The topological polar surface area (TPSA) is 73.8 Å². The number of hydrogen-bond donors (Lipinski definition) is 0. The summed E-state index contributed by atoms with van der Waals surface area (Å²) in [6.45, 7) is 3.23. The average molecular weight is 557 g/mol. The third-order valence-corrected chi connectivity index (χ3v) is 9.02. The number of halogens is 1. The summed E-state index contributed by atoms with van der Waals surface area (Å²) < 4.78 is 28.4. The van der Waals surface area contributed by atoms with Gasteiger partial charge in [0.1, 0.15) is 0 Å². The van der Waals surface area contributed by atoms with Gasteiger partial charge in [-0.25, -0.2) is 13.4 Å². The lowest BCUT2D eigenvalue weighted by Crippen LogP contribution is -2.33. The molecule has 0 unspecified atom stereocenters. The van der Waals surface area contributed by atoms with Gasteiger partial charge >= 0.3 is 0 Å². The maximum atomic E-state index is 13.7. The Balaban J connectivity index is 1.64. The highest BCUT2D eigenvalue weighted by Gasteiger charge is 2.25. The number of aryl methyl sites for hydroxylation is 1. The van der Waals surface area contributed by atoms with Crippen LogP contribution in [0.25, 0.3) is 10.2 Å². The quantitative estimate of drug-likeness (QED) is 0.265. The van der Waals surface area contributed by atoms with Gasteiger partial charge in [-0.05, 0) is 88.1 Å². The number of thiazole rings is 1. The third-order valence-electron chi connectivity index (χ3n) is 5.98. The Labute approximate surface area is 227 Å². The summed E-state index contributed by atoms with van der Waals surface area (Å²) >= 11 is 7.66. The van der Waals surface area contributed by atoms with Crippen molar-refractivity contribution in [1.29, 1.82) is 0 Å². The van der Waals surface area contributed by atoms with Gasteiger partial charge in [0, 0.05) is 24.2 Å². The molecule has 7 nitrogen and oxygen atoms in total. The second kappa shape index (κ2) is 11.2. The van der Waals surface area contributed by atoms with E-state index in [9.17, 15) is 13.2 Å². The molecule has 4 rings (SSSR count). The van der Waals surface area contributed by atoms with Crippen molar-refractivity contribution >= 4 is 59.9 Å². The van der Waals surface area contributed by atoms with E-state index in [0.29, 0.717) is 27.9 Å². The van der Waals surface area contributed by atoms with Crippen LogP contribution in [0, 0.1) is 6.92 Å². The molecule has 0 aliphatic carbocycles. The van der Waals surface area contributed by atoms with Crippen LogP contribution in [0.15, 0.2) is 71.6 Å². The van der Waals surface area contributed by atoms with Crippen LogP contribution < -0.4 is 9.21 Å². The van der Waals surface area contributed by atoms with Crippen molar-refractivity contribution in [2.75, 3.05) is 43.4 Å². The summed E-state index contributed by atoms with van der Waals surface area (Å²) in [5.41, 5.74) is 2.71. The smallest absolute Gasteiger partial charge is 0.264 e. The molecule has 0 aliphatic rings. The van der Waals surface area contributed by atoms with Gasteiger partial charge in [0.05, 0.1) is 20.8 Å². The molecule has 10 heteroatoms. The van der Waals surface area contributed by atoms with Gasteiger partial charge in [0.25, 0.3) is 15.9 Å². The molecule has 4 aromatic rings. The normalized spacial score (nSPS) is 11.7. The molecule has 0 saturated heterocycles. The number of sulfonamides is 1. The zero-order chi connectivity index (χ0) is 26.7. The molecule has 0 radical (unpaired) electrons. The maximum absolute atomic E-state index is 13.7. The number of carbonyl (C=O) groups is 1. The molecule has 0 atom stereocenters. The van der Waals surface area contributed by atoms with Crippen molar-refractivity contribution in [2.45, 2.75) is 18.2 Å². The Morgan fingerprint density at radius 2 is 1.65 bits per heavy atom. The molecule has 3 aromatic carbocycles. The fourth-order valence-corrected chi connectivity index (χ4v) is 6.59. The predicted octanol–water partition coefficient (Wildman–Crippen LogP) is 5.68. The van der Waals surface area contributed by atoms with E-state index in [2.05, 4.69) is 4.90 Å². The van der Waals surface area contributed by atoms with Crippen LogP contribution in [0.1, 0.15) is 22.3 Å². The molecular formula is C27H29ClN4O3S2. The average Bonchev–Trinajstić information content (AvgIpc) is 3.30. The zero-order valence-corrected chi connectivity index (χ0v) is 23.6. The molecule has 1 amide bonds. The van der Waals surface area contributed by atoms with Crippen LogP contribution in [0.4, 0.5) is 10.8 Å². The van der Waals surface area contributed by atoms with Gasteiger partial charge in [-0.2, -0.15) is 0 Å². The molecule has 0 saturated carbocycles. The van der Waals surface area contributed by atoms with E-state index in [4.69, 9.17) is 16.6 Å². The van der Waals surface area contributed by atoms with Gasteiger partial charge in [-0.1, -0.05) is 41.1 Å². The summed E-state index contributed by atoms with van der Waals surface area (Å²) in [6.07, 6.45) is 0.753. The molecule has 1 aromatic heterocycles. The SMILES string of the molecule is Cc1cc(Cl)cc2sc(N(CCCN(C)C)C(=O)c3ccc(S(=O)(=O)N(C)c4ccccc4)cc3)nc12. The summed E-state index contributed by atoms with van der Waals surface area (Å²) in [6, 6.07) is 18.6. The number of hydrogen-bond acceptors (Lipinski definition) is 6. The minimum Gasteiger partial charge on any atom is -0.309 e. The Hall–Kier alpha value is -2.98. The van der Waals surface area contributed by atoms with Crippen molar-refractivity contribution < 1.29 is 13.2 Å². The molecule has 0 aliphatic heterocycles. The number of para-hydroxylation sites is 1. The number of nitrogens with zero attached hydrogens (tertiary/aromatic N) is 4. The second-order valence-corrected chi connectivity index (χ2v) is 12.4. The van der Waals surface area contributed by atoms with Crippen molar-refractivity contribution in [3.63, 3.8) is 0 Å². The monoisotopic (exact) mass is 556 g/mol. The highest BCUT2D eigenvalue weighted by Crippen LogP contribution is 2.34. The molecule has 0 bridgehead atoms. The molecule has 0 fully saturated rings. The van der Waals surface area contributed by atoms with Crippen LogP contribution in [0.2, 0.25) is 5.02 Å². The zero-order valence-electron chi connectivity index (χ0n) is 21.2. The Bertz CT molecular complexity index is 1500. The van der Waals surface area contributed by atoms with Gasteiger partial charge in [0.15, 0.2) is 5.13 Å². The lowest BCUT2D eigenvalue weighted by molar-refractivity contribution is 0.0986. The Morgan fingerprint density at radius 3 is 2.30 bits per heavy atom. The minimum atomic E-state index is -3.78. The molecule has 37 heavy (non-hydrogen) atoms. The van der Waals surface area contributed by atoms with Gasteiger partial charge in [-0.3, -0.25) is 14.0 Å². The summed E-state index contributed by atoms with van der Waals surface area (Å²) in [7, 11) is 1.71. The summed E-state index contributed by atoms with van der Waals surface area (Å²) in [5.74, 6) is -0.234. The molecule has 194 valence electrons. The number of benzene rings is 3. The van der Waals surface area contributed by atoms with E-state index < -0.39 is 10.0 Å². The van der Waals surface area contributed by atoms with E-state index in [1.54, 1.807) is 41.3 Å². The number of rotatable bonds is 9. The molecular weight excluding hydrogens is 528 g/mol. The molecule has 0 spiro atoms. The second-order valence-electron chi connectivity index (χ2n) is 9.01. The van der Waals surface area contributed by atoms with E-state index in [1.165, 1.54) is 34.8 Å².